The lowest BCUT2D eigenvalue weighted by molar-refractivity contribution is -0.119. The number of halogens is 2. The van der Waals surface area contributed by atoms with Crippen LogP contribution in [-0.4, -0.2) is 23.5 Å². The van der Waals surface area contributed by atoms with Gasteiger partial charge < -0.3 is 10.1 Å². The van der Waals surface area contributed by atoms with E-state index in [1.165, 1.54) is 36.5 Å². The Balaban J connectivity index is 1.91. The standard InChI is InChI=1S/C15H12ClFN2O3/c1-9-2-4-11(17)6-12(9)19-14(20)8-22-15(21)10-3-5-13(16)18-7-10/h2-7H,8H2,1H3,(H,19,20). The van der Waals surface area contributed by atoms with E-state index in [1.54, 1.807) is 6.92 Å². The summed E-state index contributed by atoms with van der Waals surface area (Å²) in [6, 6.07) is 6.90. The number of hydrogen-bond acceptors (Lipinski definition) is 4. The van der Waals surface area contributed by atoms with E-state index in [9.17, 15) is 14.0 Å². The van der Waals surface area contributed by atoms with Crippen LogP contribution in [0.15, 0.2) is 36.5 Å². The molecule has 22 heavy (non-hydrogen) atoms. The molecule has 7 heteroatoms. The minimum Gasteiger partial charge on any atom is -0.452 e. The molecular formula is C15H12ClFN2O3. The van der Waals surface area contributed by atoms with Gasteiger partial charge in [0.2, 0.25) is 0 Å². The summed E-state index contributed by atoms with van der Waals surface area (Å²) in [4.78, 5) is 27.1. The molecule has 0 radical (unpaired) electrons. The van der Waals surface area contributed by atoms with Crippen LogP contribution < -0.4 is 5.32 Å². The fraction of sp³-hybridized carbons (Fsp3) is 0.133. The first-order valence-corrected chi connectivity index (χ1v) is 6.68. The molecule has 0 aliphatic rings. The lowest BCUT2D eigenvalue weighted by atomic mass is 10.2. The van der Waals surface area contributed by atoms with E-state index in [2.05, 4.69) is 10.3 Å². The molecule has 0 saturated heterocycles. The van der Waals surface area contributed by atoms with Crippen molar-refractivity contribution in [3.8, 4) is 0 Å². The van der Waals surface area contributed by atoms with Gasteiger partial charge in [-0.2, -0.15) is 0 Å². The fourth-order valence-electron chi connectivity index (χ4n) is 1.63. The Morgan fingerprint density at radius 2 is 2.09 bits per heavy atom. The smallest absolute Gasteiger partial charge is 0.340 e. The topological polar surface area (TPSA) is 68.3 Å². The first kappa shape index (κ1) is 15.9. The molecule has 1 aromatic carbocycles. The van der Waals surface area contributed by atoms with Crippen molar-refractivity contribution in [3.63, 3.8) is 0 Å². The number of hydrogen-bond donors (Lipinski definition) is 1. The first-order valence-electron chi connectivity index (χ1n) is 6.30. The van der Waals surface area contributed by atoms with Gasteiger partial charge in [-0.25, -0.2) is 14.2 Å². The van der Waals surface area contributed by atoms with Crippen LogP contribution in [0.5, 0.6) is 0 Å². The summed E-state index contributed by atoms with van der Waals surface area (Å²) in [7, 11) is 0. The second kappa shape index (κ2) is 7.00. The SMILES string of the molecule is Cc1ccc(F)cc1NC(=O)COC(=O)c1ccc(Cl)nc1. The minimum atomic E-state index is -0.699. The van der Waals surface area contributed by atoms with E-state index >= 15 is 0 Å². The molecular weight excluding hydrogens is 311 g/mol. The highest BCUT2D eigenvalue weighted by atomic mass is 35.5. The molecule has 5 nitrogen and oxygen atoms in total. The molecule has 0 saturated carbocycles. The van der Waals surface area contributed by atoms with Crippen LogP contribution >= 0.6 is 11.6 Å². The van der Waals surface area contributed by atoms with Crippen LogP contribution in [0.2, 0.25) is 5.15 Å². The molecule has 2 rings (SSSR count). The zero-order chi connectivity index (χ0) is 16.1. The van der Waals surface area contributed by atoms with Crippen LogP contribution in [-0.2, 0) is 9.53 Å². The van der Waals surface area contributed by atoms with E-state index in [0.717, 1.165) is 0 Å². The predicted octanol–water partition coefficient (Wildman–Crippen LogP) is 2.98. The molecule has 0 unspecified atom stereocenters. The number of rotatable bonds is 4. The van der Waals surface area contributed by atoms with E-state index in [0.29, 0.717) is 11.3 Å². The number of anilines is 1. The number of nitrogens with zero attached hydrogens (tertiary/aromatic N) is 1. The van der Waals surface area contributed by atoms with Gasteiger partial charge in [-0.1, -0.05) is 17.7 Å². The lowest BCUT2D eigenvalue weighted by Crippen LogP contribution is -2.21. The maximum absolute atomic E-state index is 13.1. The quantitative estimate of drug-likeness (QED) is 0.694. The maximum atomic E-state index is 13.1. The van der Waals surface area contributed by atoms with Gasteiger partial charge in [-0.15, -0.1) is 0 Å². The second-order valence-corrected chi connectivity index (χ2v) is 4.84. The Bertz CT molecular complexity index is 704. The number of aryl methyl sites for hydroxylation is 1. The van der Waals surface area contributed by atoms with Crippen LogP contribution in [0.4, 0.5) is 10.1 Å². The number of amides is 1. The Morgan fingerprint density at radius 3 is 2.77 bits per heavy atom. The van der Waals surface area contributed by atoms with Crippen molar-refractivity contribution >= 4 is 29.2 Å². The molecule has 1 amide bonds. The van der Waals surface area contributed by atoms with Crippen molar-refractivity contribution in [1.29, 1.82) is 0 Å². The van der Waals surface area contributed by atoms with Gasteiger partial charge >= 0.3 is 5.97 Å². The van der Waals surface area contributed by atoms with E-state index in [1.807, 2.05) is 0 Å². The van der Waals surface area contributed by atoms with Crippen molar-refractivity contribution in [3.05, 3.63) is 58.6 Å². The first-order chi connectivity index (χ1) is 10.5. The average Bonchev–Trinajstić information content (AvgIpc) is 2.49. The van der Waals surface area contributed by atoms with Crippen LogP contribution in [0.1, 0.15) is 15.9 Å². The van der Waals surface area contributed by atoms with Crippen molar-refractivity contribution < 1.29 is 18.7 Å². The number of pyridine rings is 1. The monoisotopic (exact) mass is 322 g/mol. The third-order valence-electron chi connectivity index (χ3n) is 2.77. The van der Waals surface area contributed by atoms with Crippen LogP contribution in [0.25, 0.3) is 0 Å². The van der Waals surface area contributed by atoms with Crippen molar-refractivity contribution in [2.75, 3.05) is 11.9 Å². The molecule has 2 aromatic rings. The van der Waals surface area contributed by atoms with E-state index in [-0.39, 0.29) is 10.7 Å². The van der Waals surface area contributed by atoms with Crippen molar-refractivity contribution in [2.24, 2.45) is 0 Å². The molecule has 1 N–H and O–H groups in total. The molecule has 0 aliphatic carbocycles. The Morgan fingerprint density at radius 1 is 1.32 bits per heavy atom. The minimum absolute atomic E-state index is 0.180. The summed E-state index contributed by atoms with van der Waals surface area (Å²) in [5.41, 5.74) is 1.20. The molecule has 114 valence electrons. The Hall–Kier alpha value is -2.47. The molecule has 0 bridgehead atoms. The highest BCUT2D eigenvalue weighted by molar-refractivity contribution is 6.29. The second-order valence-electron chi connectivity index (χ2n) is 4.45. The number of esters is 1. The van der Waals surface area contributed by atoms with E-state index < -0.39 is 24.3 Å². The molecule has 0 fully saturated rings. The number of carbonyl (C=O) groups is 2. The van der Waals surface area contributed by atoms with Crippen LogP contribution in [0.3, 0.4) is 0 Å². The zero-order valence-electron chi connectivity index (χ0n) is 11.6. The van der Waals surface area contributed by atoms with E-state index in [4.69, 9.17) is 16.3 Å². The predicted molar refractivity (Wildman–Crippen MR) is 79.3 cm³/mol. The Kier molecular flexibility index (Phi) is 5.06. The number of carbonyl (C=O) groups excluding carboxylic acids is 2. The largest absolute Gasteiger partial charge is 0.452 e. The number of benzene rings is 1. The van der Waals surface area contributed by atoms with Gasteiger partial charge in [-0.3, -0.25) is 4.79 Å². The molecule has 0 aliphatic heterocycles. The van der Waals surface area contributed by atoms with Gasteiger partial charge in [0, 0.05) is 11.9 Å². The highest BCUT2D eigenvalue weighted by Crippen LogP contribution is 2.15. The molecule has 1 heterocycles. The summed E-state index contributed by atoms with van der Waals surface area (Å²) in [6.07, 6.45) is 1.25. The van der Waals surface area contributed by atoms with Crippen molar-refractivity contribution in [1.82, 2.24) is 4.98 Å². The summed E-state index contributed by atoms with van der Waals surface area (Å²) >= 11 is 5.60. The number of nitrogens with one attached hydrogen (secondary N) is 1. The third-order valence-corrected chi connectivity index (χ3v) is 2.99. The number of aromatic nitrogens is 1. The van der Waals surface area contributed by atoms with Crippen LogP contribution in [0, 0.1) is 12.7 Å². The maximum Gasteiger partial charge on any atom is 0.340 e. The fourth-order valence-corrected chi connectivity index (χ4v) is 1.74. The molecule has 1 aromatic heterocycles. The summed E-state index contributed by atoms with van der Waals surface area (Å²) < 4.78 is 18.0. The average molecular weight is 323 g/mol. The van der Waals surface area contributed by atoms with Crippen molar-refractivity contribution in [2.45, 2.75) is 6.92 Å². The summed E-state index contributed by atoms with van der Waals surface area (Å²) in [5, 5.41) is 2.72. The van der Waals surface area contributed by atoms with Gasteiger partial charge in [0.15, 0.2) is 6.61 Å². The van der Waals surface area contributed by atoms with Gasteiger partial charge in [0.25, 0.3) is 5.91 Å². The summed E-state index contributed by atoms with van der Waals surface area (Å²) in [5.74, 6) is -1.73. The molecule has 0 spiro atoms. The summed E-state index contributed by atoms with van der Waals surface area (Å²) in [6.45, 7) is 1.23. The zero-order valence-corrected chi connectivity index (χ0v) is 12.4. The van der Waals surface area contributed by atoms with Gasteiger partial charge in [0.05, 0.1) is 5.56 Å². The highest BCUT2D eigenvalue weighted by Gasteiger charge is 2.11. The third kappa shape index (κ3) is 4.26. The van der Waals surface area contributed by atoms with Gasteiger partial charge in [-0.05, 0) is 36.8 Å². The van der Waals surface area contributed by atoms with Gasteiger partial charge in [0.1, 0.15) is 11.0 Å². The lowest BCUT2D eigenvalue weighted by Gasteiger charge is -2.09. The molecule has 0 atom stereocenters. The Labute approximate surface area is 131 Å². The normalized spacial score (nSPS) is 10.1. The number of ether oxygens (including phenoxy) is 1.